The lowest BCUT2D eigenvalue weighted by atomic mass is 9.90. The van der Waals surface area contributed by atoms with Gasteiger partial charge in [0.2, 0.25) is 0 Å². The Balaban J connectivity index is 3.61. The topological polar surface area (TPSA) is 35.2 Å². The van der Waals surface area contributed by atoms with Crippen LogP contribution in [0.4, 0.5) is 0 Å². The van der Waals surface area contributed by atoms with Crippen molar-refractivity contribution in [2.45, 2.75) is 46.8 Å². The van der Waals surface area contributed by atoms with E-state index in [1.54, 1.807) is 0 Å². The Morgan fingerprint density at radius 1 is 1.27 bits per heavy atom. The van der Waals surface area contributed by atoms with Crippen LogP contribution in [0.5, 0.6) is 0 Å². The van der Waals surface area contributed by atoms with Crippen LogP contribution in [0, 0.1) is 5.41 Å². The molecule has 0 aliphatic heterocycles. The molecular weight excluding hydrogens is 138 g/mol. The Bertz CT molecular complexity index is 105. The maximum absolute atomic E-state index is 5.56. The summed E-state index contributed by atoms with van der Waals surface area (Å²) in [6.07, 6.45) is 0.272. The van der Waals surface area contributed by atoms with Gasteiger partial charge in [0, 0.05) is 6.04 Å². The molecule has 0 spiro atoms. The number of hydrogen-bond donors (Lipinski definition) is 1. The van der Waals surface area contributed by atoms with Crippen molar-refractivity contribution >= 4 is 0 Å². The average Bonchev–Trinajstić information content (AvgIpc) is 1.80. The predicted octanol–water partition coefficient (Wildman–Crippen LogP) is 1.78. The Hall–Kier alpha value is -0.0800. The third kappa shape index (κ3) is 5.22. The molecule has 0 aromatic carbocycles. The molecule has 0 radical (unpaired) electrons. The molecule has 0 saturated carbocycles. The number of rotatable bonds is 3. The summed E-state index contributed by atoms with van der Waals surface area (Å²) >= 11 is 0. The Morgan fingerprint density at radius 2 is 1.73 bits per heavy atom. The summed E-state index contributed by atoms with van der Waals surface area (Å²) in [7, 11) is 0. The van der Waals surface area contributed by atoms with E-state index in [0.717, 1.165) is 0 Å². The second-order valence-electron chi connectivity index (χ2n) is 4.32. The first-order valence-corrected chi connectivity index (χ1v) is 4.21. The van der Waals surface area contributed by atoms with E-state index in [2.05, 4.69) is 27.7 Å². The van der Waals surface area contributed by atoms with Crippen LogP contribution in [-0.2, 0) is 4.74 Å². The van der Waals surface area contributed by atoms with Crippen LogP contribution in [0.25, 0.3) is 0 Å². The van der Waals surface area contributed by atoms with Crippen LogP contribution < -0.4 is 5.73 Å². The summed E-state index contributed by atoms with van der Waals surface area (Å²) in [5.41, 5.74) is 5.78. The molecule has 0 bridgehead atoms. The van der Waals surface area contributed by atoms with Crippen LogP contribution in [0.15, 0.2) is 0 Å². The Morgan fingerprint density at radius 3 is 2.00 bits per heavy atom. The van der Waals surface area contributed by atoms with Crippen LogP contribution >= 0.6 is 0 Å². The smallest absolute Gasteiger partial charge is 0.0618 e. The third-order valence-corrected chi connectivity index (χ3v) is 1.83. The van der Waals surface area contributed by atoms with E-state index in [0.29, 0.717) is 6.61 Å². The molecule has 0 rings (SSSR count). The molecule has 0 amide bonds. The van der Waals surface area contributed by atoms with Gasteiger partial charge >= 0.3 is 0 Å². The van der Waals surface area contributed by atoms with Crippen molar-refractivity contribution in [3.05, 3.63) is 0 Å². The van der Waals surface area contributed by atoms with Crippen LogP contribution in [0.1, 0.15) is 34.6 Å². The zero-order chi connectivity index (χ0) is 9.07. The monoisotopic (exact) mass is 159 g/mol. The van der Waals surface area contributed by atoms with E-state index >= 15 is 0 Å². The van der Waals surface area contributed by atoms with Gasteiger partial charge < -0.3 is 10.5 Å². The first-order valence-electron chi connectivity index (χ1n) is 4.21. The van der Waals surface area contributed by atoms with Gasteiger partial charge in [-0.1, -0.05) is 20.8 Å². The van der Waals surface area contributed by atoms with Gasteiger partial charge in [-0.15, -0.1) is 0 Å². The van der Waals surface area contributed by atoms with Gasteiger partial charge in [-0.25, -0.2) is 0 Å². The van der Waals surface area contributed by atoms with Gasteiger partial charge in [-0.3, -0.25) is 0 Å². The fourth-order valence-electron chi connectivity index (χ4n) is 0.546. The van der Waals surface area contributed by atoms with Gasteiger partial charge in [0.1, 0.15) is 0 Å². The summed E-state index contributed by atoms with van der Waals surface area (Å²) in [6.45, 7) is 11.2. The SMILES string of the molecule is CC(N)COC(C)C(C)(C)C. The van der Waals surface area contributed by atoms with Crippen molar-refractivity contribution in [3.63, 3.8) is 0 Å². The Kier molecular flexibility index (Phi) is 4.04. The minimum absolute atomic E-state index is 0.139. The van der Waals surface area contributed by atoms with Gasteiger partial charge in [0.15, 0.2) is 0 Å². The van der Waals surface area contributed by atoms with E-state index < -0.39 is 0 Å². The molecule has 11 heavy (non-hydrogen) atoms. The maximum Gasteiger partial charge on any atom is 0.0618 e. The van der Waals surface area contributed by atoms with E-state index in [1.165, 1.54) is 0 Å². The molecule has 0 heterocycles. The first kappa shape index (κ1) is 10.9. The molecule has 2 atom stereocenters. The lowest BCUT2D eigenvalue weighted by Crippen LogP contribution is -2.31. The third-order valence-electron chi connectivity index (χ3n) is 1.83. The summed E-state index contributed by atoms with van der Waals surface area (Å²) in [6, 6.07) is 0.139. The van der Waals surface area contributed by atoms with E-state index in [4.69, 9.17) is 10.5 Å². The maximum atomic E-state index is 5.56. The lowest BCUT2D eigenvalue weighted by Gasteiger charge is -2.27. The minimum Gasteiger partial charge on any atom is -0.376 e. The van der Waals surface area contributed by atoms with Gasteiger partial charge in [-0.2, -0.15) is 0 Å². The standard InChI is InChI=1S/C9H21NO/c1-7(10)6-11-8(2)9(3,4)5/h7-8H,6,10H2,1-5H3. The lowest BCUT2D eigenvalue weighted by molar-refractivity contribution is -0.00917. The molecule has 2 nitrogen and oxygen atoms in total. The van der Waals surface area contributed by atoms with E-state index in [9.17, 15) is 0 Å². The van der Waals surface area contributed by atoms with Gasteiger partial charge in [-0.05, 0) is 19.3 Å². The molecule has 2 N–H and O–H groups in total. The molecular formula is C9H21NO. The quantitative estimate of drug-likeness (QED) is 0.681. The van der Waals surface area contributed by atoms with Crippen LogP contribution in [0.3, 0.4) is 0 Å². The summed E-state index contributed by atoms with van der Waals surface area (Å²) in [5.74, 6) is 0. The number of nitrogens with two attached hydrogens (primary N) is 1. The van der Waals surface area contributed by atoms with Crippen molar-refractivity contribution in [3.8, 4) is 0 Å². The minimum atomic E-state index is 0.139. The molecule has 2 unspecified atom stereocenters. The average molecular weight is 159 g/mol. The summed E-state index contributed by atoms with van der Waals surface area (Å²) in [5, 5.41) is 0. The second kappa shape index (κ2) is 4.07. The van der Waals surface area contributed by atoms with Crippen molar-refractivity contribution in [2.24, 2.45) is 11.1 Å². The molecule has 0 fully saturated rings. The zero-order valence-corrected chi connectivity index (χ0v) is 8.35. The zero-order valence-electron chi connectivity index (χ0n) is 8.35. The molecule has 2 heteroatoms. The molecule has 68 valence electrons. The van der Waals surface area contributed by atoms with Crippen LogP contribution in [-0.4, -0.2) is 18.8 Å². The van der Waals surface area contributed by atoms with E-state index in [1.807, 2.05) is 6.92 Å². The van der Waals surface area contributed by atoms with Crippen molar-refractivity contribution < 1.29 is 4.74 Å². The van der Waals surface area contributed by atoms with Crippen molar-refractivity contribution in [1.82, 2.24) is 0 Å². The fourth-order valence-corrected chi connectivity index (χ4v) is 0.546. The highest BCUT2D eigenvalue weighted by molar-refractivity contribution is 4.70. The highest BCUT2D eigenvalue weighted by Crippen LogP contribution is 2.21. The first-order chi connectivity index (χ1) is 4.84. The van der Waals surface area contributed by atoms with Crippen molar-refractivity contribution in [2.75, 3.05) is 6.61 Å². The molecule has 0 aromatic heterocycles. The second-order valence-corrected chi connectivity index (χ2v) is 4.32. The molecule has 0 saturated heterocycles. The molecule has 0 aliphatic rings. The van der Waals surface area contributed by atoms with Gasteiger partial charge in [0.05, 0.1) is 12.7 Å². The highest BCUT2D eigenvalue weighted by atomic mass is 16.5. The summed E-state index contributed by atoms with van der Waals surface area (Å²) < 4.78 is 5.54. The largest absolute Gasteiger partial charge is 0.376 e. The molecule has 0 aromatic rings. The molecule has 0 aliphatic carbocycles. The Labute approximate surface area is 70.1 Å². The predicted molar refractivity (Wildman–Crippen MR) is 48.5 cm³/mol. The highest BCUT2D eigenvalue weighted by Gasteiger charge is 2.20. The van der Waals surface area contributed by atoms with Crippen molar-refractivity contribution in [1.29, 1.82) is 0 Å². The number of ether oxygens (including phenoxy) is 1. The van der Waals surface area contributed by atoms with Gasteiger partial charge in [0.25, 0.3) is 0 Å². The number of hydrogen-bond acceptors (Lipinski definition) is 2. The normalized spacial score (nSPS) is 18.0. The summed E-state index contributed by atoms with van der Waals surface area (Å²) in [4.78, 5) is 0. The fraction of sp³-hybridized carbons (Fsp3) is 1.00. The van der Waals surface area contributed by atoms with Crippen LogP contribution in [0.2, 0.25) is 0 Å². The van der Waals surface area contributed by atoms with E-state index in [-0.39, 0.29) is 17.6 Å².